The molecule has 0 spiro atoms. The van der Waals surface area contributed by atoms with Crippen molar-refractivity contribution in [2.24, 2.45) is 11.5 Å². The number of hydrogen-bond donors (Lipinski definition) is 2. The van der Waals surface area contributed by atoms with E-state index in [0.29, 0.717) is 6.42 Å². The molecule has 1 heterocycles. The van der Waals surface area contributed by atoms with Gasteiger partial charge in [0.25, 0.3) is 0 Å². The molecule has 0 bridgehead atoms. The Kier molecular flexibility index (Phi) is 5.44. The molecule has 0 aliphatic rings. The zero-order valence-electron chi connectivity index (χ0n) is 10.1. The number of aromatic nitrogens is 1. The number of hydrogen-bond acceptors (Lipinski definition) is 4. The van der Waals surface area contributed by atoms with Gasteiger partial charge in [-0.15, -0.1) is 11.8 Å². The van der Waals surface area contributed by atoms with Gasteiger partial charge in [-0.05, 0) is 37.7 Å². The Hall–Kier alpha value is -1.07. The van der Waals surface area contributed by atoms with Crippen molar-refractivity contribution in [2.45, 2.75) is 36.8 Å². The van der Waals surface area contributed by atoms with Crippen LogP contribution in [0, 0.1) is 0 Å². The molecule has 0 saturated heterocycles. The SMILES string of the molecule is CC(N)(CCCCSc1ccccn1)C(N)=O. The Morgan fingerprint density at radius 2 is 2.24 bits per heavy atom. The summed E-state index contributed by atoms with van der Waals surface area (Å²) in [7, 11) is 0. The number of pyridine rings is 1. The molecule has 0 fully saturated rings. The van der Waals surface area contributed by atoms with E-state index in [0.717, 1.165) is 23.6 Å². The lowest BCUT2D eigenvalue weighted by atomic mass is 9.96. The molecule has 17 heavy (non-hydrogen) atoms. The molecule has 4 N–H and O–H groups in total. The minimum atomic E-state index is -0.879. The van der Waals surface area contributed by atoms with Gasteiger partial charge >= 0.3 is 0 Å². The number of thioether (sulfide) groups is 1. The Labute approximate surface area is 106 Å². The Morgan fingerprint density at radius 1 is 1.47 bits per heavy atom. The summed E-state index contributed by atoms with van der Waals surface area (Å²) in [5.74, 6) is 0.543. The van der Waals surface area contributed by atoms with Gasteiger partial charge in [-0.25, -0.2) is 4.98 Å². The fraction of sp³-hybridized carbons (Fsp3) is 0.500. The largest absolute Gasteiger partial charge is 0.368 e. The number of nitrogens with zero attached hydrogens (tertiary/aromatic N) is 1. The van der Waals surface area contributed by atoms with E-state index in [1.165, 1.54) is 0 Å². The third kappa shape index (κ3) is 5.19. The molecule has 1 atom stereocenters. The quantitative estimate of drug-likeness (QED) is 0.570. The first-order valence-corrected chi connectivity index (χ1v) is 6.63. The summed E-state index contributed by atoms with van der Waals surface area (Å²) in [6, 6.07) is 5.86. The summed E-state index contributed by atoms with van der Waals surface area (Å²) < 4.78 is 0. The van der Waals surface area contributed by atoms with E-state index < -0.39 is 11.4 Å². The van der Waals surface area contributed by atoms with E-state index in [9.17, 15) is 4.79 Å². The van der Waals surface area contributed by atoms with Gasteiger partial charge in [-0.3, -0.25) is 4.79 Å². The molecule has 94 valence electrons. The molecule has 0 aliphatic heterocycles. The van der Waals surface area contributed by atoms with Crippen molar-refractivity contribution in [3.63, 3.8) is 0 Å². The first kappa shape index (κ1) is 14.0. The maximum atomic E-state index is 11.0. The second kappa shape index (κ2) is 6.61. The highest BCUT2D eigenvalue weighted by Crippen LogP contribution is 2.18. The van der Waals surface area contributed by atoms with Crippen LogP contribution < -0.4 is 11.5 Å². The normalized spacial score (nSPS) is 14.2. The van der Waals surface area contributed by atoms with Gasteiger partial charge in [0.05, 0.1) is 10.6 Å². The number of carbonyl (C=O) groups is 1. The number of carbonyl (C=O) groups excluding carboxylic acids is 1. The second-order valence-electron chi connectivity index (χ2n) is 4.26. The van der Waals surface area contributed by atoms with Crippen molar-refractivity contribution in [1.82, 2.24) is 4.98 Å². The van der Waals surface area contributed by atoms with Crippen molar-refractivity contribution in [1.29, 1.82) is 0 Å². The summed E-state index contributed by atoms with van der Waals surface area (Å²) in [6.07, 6.45) is 4.31. The average molecular weight is 253 g/mol. The predicted molar refractivity (Wildman–Crippen MR) is 70.6 cm³/mol. The van der Waals surface area contributed by atoms with Crippen LogP contribution in [-0.4, -0.2) is 22.2 Å². The van der Waals surface area contributed by atoms with E-state index in [-0.39, 0.29) is 0 Å². The molecule has 1 aromatic rings. The summed E-state index contributed by atoms with van der Waals surface area (Å²) in [5.41, 5.74) is 10.1. The van der Waals surface area contributed by atoms with Crippen LogP contribution in [-0.2, 0) is 4.79 Å². The minimum Gasteiger partial charge on any atom is -0.368 e. The number of unbranched alkanes of at least 4 members (excludes halogenated alkanes) is 1. The second-order valence-corrected chi connectivity index (χ2v) is 5.37. The van der Waals surface area contributed by atoms with Crippen molar-refractivity contribution < 1.29 is 4.79 Å². The van der Waals surface area contributed by atoms with Crippen molar-refractivity contribution in [3.05, 3.63) is 24.4 Å². The van der Waals surface area contributed by atoms with Crippen LogP contribution in [0.4, 0.5) is 0 Å². The van der Waals surface area contributed by atoms with Crippen LogP contribution in [0.5, 0.6) is 0 Å². The predicted octanol–water partition coefficient (Wildman–Crippen LogP) is 1.55. The molecule has 1 rings (SSSR count). The van der Waals surface area contributed by atoms with Gasteiger partial charge in [-0.2, -0.15) is 0 Å². The number of primary amides is 1. The van der Waals surface area contributed by atoms with E-state index in [1.807, 2.05) is 18.2 Å². The number of nitrogens with two attached hydrogens (primary N) is 2. The Morgan fingerprint density at radius 3 is 2.82 bits per heavy atom. The molecule has 1 unspecified atom stereocenters. The average Bonchev–Trinajstić information content (AvgIpc) is 2.29. The lowest BCUT2D eigenvalue weighted by Gasteiger charge is -2.19. The maximum absolute atomic E-state index is 11.0. The monoisotopic (exact) mass is 253 g/mol. The van der Waals surface area contributed by atoms with E-state index in [2.05, 4.69) is 4.98 Å². The Bertz CT molecular complexity index is 354. The van der Waals surface area contributed by atoms with E-state index in [1.54, 1.807) is 24.9 Å². The molecule has 0 aromatic carbocycles. The fourth-order valence-corrected chi connectivity index (χ4v) is 2.19. The van der Waals surface area contributed by atoms with Crippen LogP contribution in [0.25, 0.3) is 0 Å². The van der Waals surface area contributed by atoms with Gasteiger partial charge in [0.1, 0.15) is 0 Å². The third-order valence-electron chi connectivity index (χ3n) is 2.54. The van der Waals surface area contributed by atoms with Crippen LogP contribution in [0.3, 0.4) is 0 Å². The maximum Gasteiger partial charge on any atom is 0.237 e. The first-order valence-electron chi connectivity index (χ1n) is 5.65. The zero-order chi connectivity index (χ0) is 12.7. The lowest BCUT2D eigenvalue weighted by Crippen LogP contribution is -2.49. The van der Waals surface area contributed by atoms with Crippen molar-refractivity contribution in [3.8, 4) is 0 Å². The standard InChI is InChI=1S/C12H19N3OS/c1-12(14,11(13)16)7-3-5-9-17-10-6-2-4-8-15-10/h2,4,6,8H,3,5,7,9,14H2,1H3,(H2,13,16). The molecule has 0 radical (unpaired) electrons. The van der Waals surface area contributed by atoms with Gasteiger partial charge < -0.3 is 11.5 Å². The van der Waals surface area contributed by atoms with Crippen LogP contribution in [0.2, 0.25) is 0 Å². The van der Waals surface area contributed by atoms with Gasteiger partial charge in [0, 0.05) is 6.20 Å². The topological polar surface area (TPSA) is 82.0 Å². The summed E-state index contributed by atoms with van der Waals surface area (Å²) in [5, 5.41) is 1.03. The van der Waals surface area contributed by atoms with Crippen LogP contribution >= 0.6 is 11.8 Å². The van der Waals surface area contributed by atoms with Gasteiger partial charge in [0.15, 0.2) is 0 Å². The number of amides is 1. The van der Waals surface area contributed by atoms with Gasteiger partial charge in [0.2, 0.25) is 5.91 Å². The highest BCUT2D eigenvalue weighted by Gasteiger charge is 2.24. The zero-order valence-corrected chi connectivity index (χ0v) is 10.9. The van der Waals surface area contributed by atoms with E-state index >= 15 is 0 Å². The van der Waals surface area contributed by atoms with Crippen LogP contribution in [0.1, 0.15) is 26.2 Å². The first-order chi connectivity index (χ1) is 8.02. The highest BCUT2D eigenvalue weighted by molar-refractivity contribution is 7.99. The van der Waals surface area contributed by atoms with Crippen molar-refractivity contribution in [2.75, 3.05) is 5.75 Å². The van der Waals surface area contributed by atoms with Crippen molar-refractivity contribution >= 4 is 17.7 Å². The molecule has 4 nitrogen and oxygen atoms in total. The molecule has 0 aliphatic carbocycles. The number of rotatable bonds is 7. The molecule has 1 amide bonds. The lowest BCUT2D eigenvalue weighted by molar-refractivity contribution is -0.122. The Balaban J connectivity index is 2.15. The minimum absolute atomic E-state index is 0.435. The molecular formula is C12H19N3OS. The van der Waals surface area contributed by atoms with Gasteiger partial charge in [-0.1, -0.05) is 12.5 Å². The smallest absolute Gasteiger partial charge is 0.237 e. The molecular weight excluding hydrogens is 234 g/mol. The summed E-state index contributed by atoms with van der Waals surface area (Å²) in [4.78, 5) is 15.2. The third-order valence-corrected chi connectivity index (χ3v) is 3.57. The van der Waals surface area contributed by atoms with E-state index in [4.69, 9.17) is 11.5 Å². The fourth-order valence-electron chi connectivity index (χ4n) is 1.33. The highest BCUT2D eigenvalue weighted by atomic mass is 32.2. The molecule has 5 heteroatoms. The summed E-state index contributed by atoms with van der Waals surface area (Å²) in [6.45, 7) is 1.68. The molecule has 0 saturated carbocycles. The van der Waals surface area contributed by atoms with Crippen LogP contribution in [0.15, 0.2) is 29.4 Å². The summed E-state index contributed by atoms with van der Waals surface area (Å²) >= 11 is 1.71. The molecule has 1 aromatic heterocycles.